The van der Waals surface area contributed by atoms with E-state index in [1.165, 1.54) is 24.1 Å². The first-order chi connectivity index (χ1) is 13.4. The zero-order chi connectivity index (χ0) is 19.9. The van der Waals surface area contributed by atoms with E-state index in [2.05, 4.69) is 4.98 Å². The number of halogens is 3. The molecule has 4 rings (SSSR count). The fourth-order valence-electron chi connectivity index (χ4n) is 3.70. The van der Waals surface area contributed by atoms with Crippen molar-refractivity contribution in [2.24, 2.45) is 0 Å². The summed E-state index contributed by atoms with van der Waals surface area (Å²) < 4.78 is 46.9. The van der Waals surface area contributed by atoms with E-state index in [9.17, 15) is 18.0 Å². The Kier molecular flexibility index (Phi) is 4.49. The maximum atomic E-state index is 13.5. The van der Waals surface area contributed by atoms with Crippen molar-refractivity contribution in [3.05, 3.63) is 53.9 Å². The zero-order valence-electron chi connectivity index (χ0n) is 15.2. The lowest BCUT2D eigenvalue weighted by Crippen LogP contribution is -2.38. The van der Waals surface area contributed by atoms with Crippen LogP contribution in [-0.4, -0.2) is 29.1 Å². The number of fused-ring (bicyclic) bond motifs is 2. The van der Waals surface area contributed by atoms with Crippen LogP contribution in [0.5, 0.6) is 5.75 Å². The number of para-hydroxylation sites is 3. The lowest BCUT2D eigenvalue weighted by Gasteiger charge is -2.31. The molecule has 0 fully saturated rings. The number of hydrogen-bond acceptors (Lipinski definition) is 3. The number of amides is 1. The minimum atomic E-state index is -4.66. The van der Waals surface area contributed by atoms with Crippen LogP contribution in [-0.2, 0) is 23.9 Å². The van der Waals surface area contributed by atoms with Gasteiger partial charge >= 0.3 is 6.18 Å². The number of aryl methyl sites for hydroxylation is 1. The predicted molar refractivity (Wildman–Crippen MR) is 98.4 cm³/mol. The molecule has 2 aromatic carbocycles. The SMILES string of the molecule is COc1cccc2c1N(C(=O)Cn1c(C(F)(F)F)nc3ccccc31)CCC2. The van der Waals surface area contributed by atoms with Gasteiger partial charge in [0.2, 0.25) is 11.7 Å². The fraction of sp³-hybridized carbons (Fsp3) is 0.300. The number of carbonyl (C=O) groups excluding carboxylic acids is 1. The van der Waals surface area contributed by atoms with Gasteiger partial charge in [0.25, 0.3) is 0 Å². The minimum Gasteiger partial charge on any atom is -0.495 e. The van der Waals surface area contributed by atoms with Gasteiger partial charge in [-0.25, -0.2) is 4.98 Å². The maximum absolute atomic E-state index is 13.5. The Morgan fingerprint density at radius 3 is 2.71 bits per heavy atom. The standard InChI is InChI=1S/C20H18F3N3O2/c1-28-16-10-4-6-13-7-5-11-25(18(13)16)17(27)12-26-15-9-3-2-8-14(15)24-19(26)20(21,22)23/h2-4,6,8-10H,5,7,11-12H2,1H3. The van der Waals surface area contributed by atoms with Crippen LogP contribution in [0.2, 0.25) is 0 Å². The summed E-state index contributed by atoms with van der Waals surface area (Å²) in [5, 5.41) is 0. The molecule has 28 heavy (non-hydrogen) atoms. The second-order valence-electron chi connectivity index (χ2n) is 6.62. The zero-order valence-corrected chi connectivity index (χ0v) is 15.2. The van der Waals surface area contributed by atoms with Gasteiger partial charge in [0.1, 0.15) is 12.3 Å². The molecule has 1 aliphatic heterocycles. The van der Waals surface area contributed by atoms with E-state index >= 15 is 0 Å². The van der Waals surface area contributed by atoms with E-state index in [0.717, 1.165) is 23.0 Å². The van der Waals surface area contributed by atoms with Crippen LogP contribution in [0.25, 0.3) is 11.0 Å². The third kappa shape index (κ3) is 3.08. The number of aromatic nitrogens is 2. The number of rotatable bonds is 3. The summed E-state index contributed by atoms with van der Waals surface area (Å²) in [6, 6.07) is 11.8. The Morgan fingerprint density at radius 1 is 1.18 bits per heavy atom. The first-order valence-corrected chi connectivity index (χ1v) is 8.89. The van der Waals surface area contributed by atoms with Crippen LogP contribution in [0, 0.1) is 0 Å². The van der Waals surface area contributed by atoms with E-state index in [1.54, 1.807) is 18.2 Å². The smallest absolute Gasteiger partial charge is 0.449 e. The van der Waals surface area contributed by atoms with Gasteiger partial charge in [0, 0.05) is 6.54 Å². The lowest BCUT2D eigenvalue weighted by atomic mass is 10.0. The highest BCUT2D eigenvalue weighted by Crippen LogP contribution is 2.37. The monoisotopic (exact) mass is 389 g/mol. The van der Waals surface area contributed by atoms with Crippen LogP contribution in [0.1, 0.15) is 17.8 Å². The Labute approximate surface area is 159 Å². The molecule has 3 aromatic rings. The number of anilines is 1. The number of methoxy groups -OCH3 is 1. The Bertz CT molecular complexity index is 1030. The third-order valence-corrected chi connectivity index (χ3v) is 4.90. The molecule has 0 saturated heterocycles. The number of alkyl halides is 3. The van der Waals surface area contributed by atoms with E-state index in [0.29, 0.717) is 18.0 Å². The molecule has 146 valence electrons. The van der Waals surface area contributed by atoms with Crippen molar-refractivity contribution in [3.63, 3.8) is 0 Å². The average Bonchev–Trinajstić information content (AvgIpc) is 3.06. The van der Waals surface area contributed by atoms with Gasteiger partial charge in [-0.1, -0.05) is 24.3 Å². The molecule has 0 N–H and O–H groups in total. The van der Waals surface area contributed by atoms with Gasteiger partial charge in [-0.15, -0.1) is 0 Å². The molecule has 2 heterocycles. The third-order valence-electron chi connectivity index (χ3n) is 4.90. The lowest BCUT2D eigenvalue weighted by molar-refractivity contribution is -0.147. The van der Waals surface area contributed by atoms with Crippen LogP contribution in [0.3, 0.4) is 0 Å². The van der Waals surface area contributed by atoms with Crippen molar-refractivity contribution >= 4 is 22.6 Å². The Hall–Kier alpha value is -3.03. The number of carbonyl (C=O) groups is 1. The maximum Gasteiger partial charge on any atom is 0.449 e. The molecule has 1 aliphatic rings. The molecule has 0 bridgehead atoms. The first-order valence-electron chi connectivity index (χ1n) is 8.89. The van der Waals surface area contributed by atoms with Crippen LogP contribution >= 0.6 is 0 Å². The van der Waals surface area contributed by atoms with E-state index < -0.39 is 24.5 Å². The molecule has 0 radical (unpaired) electrons. The molecular formula is C20H18F3N3O2. The van der Waals surface area contributed by atoms with E-state index in [1.807, 2.05) is 12.1 Å². The molecule has 0 aliphatic carbocycles. The summed E-state index contributed by atoms with van der Waals surface area (Å²) in [5.74, 6) is -0.963. The molecule has 8 heteroatoms. The Morgan fingerprint density at radius 2 is 1.96 bits per heavy atom. The number of hydrogen-bond donors (Lipinski definition) is 0. The van der Waals surface area contributed by atoms with Gasteiger partial charge in [0.05, 0.1) is 23.8 Å². The summed E-state index contributed by atoms with van der Waals surface area (Å²) in [6.07, 6.45) is -3.13. The van der Waals surface area contributed by atoms with Gasteiger partial charge in [-0.05, 0) is 36.6 Å². The highest BCUT2D eigenvalue weighted by molar-refractivity contribution is 5.97. The van der Waals surface area contributed by atoms with E-state index in [4.69, 9.17) is 4.74 Å². The van der Waals surface area contributed by atoms with Crippen molar-refractivity contribution < 1.29 is 22.7 Å². The number of benzene rings is 2. The average molecular weight is 389 g/mol. The van der Waals surface area contributed by atoms with Gasteiger partial charge < -0.3 is 14.2 Å². The van der Waals surface area contributed by atoms with Crippen molar-refractivity contribution in [1.29, 1.82) is 0 Å². The quantitative estimate of drug-likeness (QED) is 0.679. The van der Waals surface area contributed by atoms with E-state index in [-0.39, 0.29) is 11.0 Å². The van der Waals surface area contributed by atoms with Crippen LogP contribution in [0.15, 0.2) is 42.5 Å². The first kappa shape index (κ1) is 18.3. The molecular weight excluding hydrogens is 371 g/mol. The number of ether oxygens (including phenoxy) is 1. The summed E-state index contributed by atoms with van der Waals surface area (Å²) in [6.45, 7) is -0.0208. The number of imidazole rings is 1. The summed E-state index contributed by atoms with van der Waals surface area (Å²) in [5.41, 5.74) is 2.07. The molecule has 1 aromatic heterocycles. The van der Waals surface area contributed by atoms with Gasteiger partial charge in [0.15, 0.2) is 0 Å². The van der Waals surface area contributed by atoms with Crippen LogP contribution in [0.4, 0.5) is 18.9 Å². The molecule has 1 amide bonds. The fourth-order valence-corrected chi connectivity index (χ4v) is 3.70. The predicted octanol–water partition coefficient (Wildman–Crippen LogP) is 4.04. The summed E-state index contributed by atoms with van der Waals surface area (Å²) in [7, 11) is 1.51. The van der Waals surface area contributed by atoms with Gasteiger partial charge in [-0.3, -0.25) is 4.79 Å². The Balaban J connectivity index is 1.75. The second-order valence-corrected chi connectivity index (χ2v) is 6.62. The molecule has 5 nitrogen and oxygen atoms in total. The molecule has 0 spiro atoms. The van der Waals surface area contributed by atoms with Crippen LogP contribution < -0.4 is 9.64 Å². The number of nitrogens with zero attached hydrogens (tertiary/aromatic N) is 3. The highest BCUT2D eigenvalue weighted by Gasteiger charge is 2.38. The van der Waals surface area contributed by atoms with Crippen molar-refractivity contribution in [1.82, 2.24) is 9.55 Å². The second kappa shape index (κ2) is 6.85. The molecule has 0 unspecified atom stereocenters. The highest BCUT2D eigenvalue weighted by atomic mass is 19.4. The van der Waals surface area contributed by atoms with Crippen molar-refractivity contribution in [2.45, 2.75) is 25.6 Å². The topological polar surface area (TPSA) is 47.4 Å². The summed E-state index contributed by atoms with van der Waals surface area (Å²) in [4.78, 5) is 18.3. The van der Waals surface area contributed by atoms with Crippen molar-refractivity contribution in [3.8, 4) is 5.75 Å². The minimum absolute atomic E-state index is 0.208. The van der Waals surface area contributed by atoms with Gasteiger partial charge in [-0.2, -0.15) is 13.2 Å². The summed E-state index contributed by atoms with van der Waals surface area (Å²) >= 11 is 0. The largest absolute Gasteiger partial charge is 0.495 e. The normalized spacial score (nSPS) is 14.2. The molecule has 0 saturated carbocycles. The molecule has 0 atom stereocenters. The van der Waals surface area contributed by atoms with Crippen molar-refractivity contribution in [2.75, 3.05) is 18.6 Å².